The van der Waals surface area contributed by atoms with Crippen LogP contribution in [0.15, 0.2) is 36.7 Å². The molecule has 3 nitrogen and oxygen atoms in total. The van der Waals surface area contributed by atoms with Crippen LogP contribution in [0.4, 0.5) is 0 Å². The Morgan fingerprint density at radius 2 is 2.20 bits per heavy atom. The van der Waals surface area contributed by atoms with Crippen LogP contribution in [0, 0.1) is 0 Å². The summed E-state index contributed by atoms with van der Waals surface area (Å²) < 4.78 is 1.91. The lowest BCUT2D eigenvalue weighted by Crippen LogP contribution is -2.33. The summed E-state index contributed by atoms with van der Waals surface area (Å²) in [6.45, 7) is 5.18. The molecule has 106 valence electrons. The van der Waals surface area contributed by atoms with Crippen molar-refractivity contribution in [2.24, 2.45) is 0 Å². The molecule has 0 aliphatic heterocycles. The van der Waals surface area contributed by atoms with Crippen molar-refractivity contribution in [3.8, 4) is 0 Å². The number of hydrogen-bond donors (Lipinski definition) is 1. The van der Waals surface area contributed by atoms with E-state index in [9.17, 15) is 5.11 Å². The monoisotopic (exact) mass is 270 g/mol. The summed E-state index contributed by atoms with van der Waals surface area (Å²) in [4.78, 5) is 0. The van der Waals surface area contributed by atoms with Crippen LogP contribution in [0.1, 0.15) is 49.3 Å². The van der Waals surface area contributed by atoms with E-state index in [0.717, 1.165) is 30.5 Å². The summed E-state index contributed by atoms with van der Waals surface area (Å²) in [5.74, 6) is 0.532. The normalized spacial score (nSPS) is 25.4. The Balaban J connectivity index is 1.94. The van der Waals surface area contributed by atoms with Crippen LogP contribution >= 0.6 is 0 Å². The molecule has 0 saturated carbocycles. The molecule has 1 aliphatic carbocycles. The predicted molar refractivity (Wildman–Crippen MR) is 79.6 cm³/mol. The van der Waals surface area contributed by atoms with Gasteiger partial charge in [-0.2, -0.15) is 5.10 Å². The minimum atomic E-state index is -0.745. The lowest BCUT2D eigenvalue weighted by Gasteiger charge is -2.37. The topological polar surface area (TPSA) is 38.0 Å². The van der Waals surface area contributed by atoms with Crippen molar-refractivity contribution in [3.05, 3.63) is 53.3 Å². The van der Waals surface area contributed by atoms with Crippen molar-refractivity contribution in [2.45, 2.75) is 51.2 Å². The van der Waals surface area contributed by atoms with Crippen LogP contribution in [-0.4, -0.2) is 14.9 Å². The Hall–Kier alpha value is -1.61. The van der Waals surface area contributed by atoms with Crippen LogP contribution in [0.25, 0.3) is 0 Å². The standard InChI is InChI=1S/C17H22N2O/c1-3-19-12-14(11-18-19)10-17(20)9-8-13(2)15-6-4-5-7-16(15)17/h4-7,11-13,20H,3,8-10H2,1-2H3. The molecule has 0 bridgehead atoms. The second kappa shape index (κ2) is 5.06. The van der Waals surface area contributed by atoms with Crippen LogP contribution in [-0.2, 0) is 18.6 Å². The van der Waals surface area contributed by atoms with Crippen LogP contribution in [0.2, 0.25) is 0 Å². The first-order valence-corrected chi connectivity index (χ1v) is 7.45. The summed E-state index contributed by atoms with van der Waals surface area (Å²) in [6, 6.07) is 8.32. The van der Waals surface area contributed by atoms with Crippen molar-refractivity contribution < 1.29 is 5.11 Å². The first kappa shape index (κ1) is 13.4. The van der Waals surface area contributed by atoms with Crippen LogP contribution < -0.4 is 0 Å². The number of benzene rings is 1. The third-order valence-electron chi connectivity index (χ3n) is 4.49. The molecule has 1 N–H and O–H groups in total. The van der Waals surface area contributed by atoms with E-state index in [2.05, 4.69) is 37.1 Å². The molecule has 3 heteroatoms. The zero-order chi connectivity index (χ0) is 14.2. The average molecular weight is 270 g/mol. The van der Waals surface area contributed by atoms with Gasteiger partial charge in [0.1, 0.15) is 0 Å². The highest BCUT2D eigenvalue weighted by Crippen LogP contribution is 2.42. The zero-order valence-corrected chi connectivity index (χ0v) is 12.2. The van der Waals surface area contributed by atoms with Gasteiger partial charge in [0.15, 0.2) is 0 Å². The maximum atomic E-state index is 11.1. The zero-order valence-electron chi connectivity index (χ0n) is 12.2. The molecule has 0 spiro atoms. The van der Waals surface area contributed by atoms with Gasteiger partial charge < -0.3 is 5.11 Å². The minimum absolute atomic E-state index is 0.532. The van der Waals surface area contributed by atoms with E-state index in [1.54, 1.807) is 0 Å². The first-order valence-electron chi connectivity index (χ1n) is 7.45. The maximum Gasteiger partial charge on any atom is 0.0940 e. The maximum absolute atomic E-state index is 11.1. The van der Waals surface area contributed by atoms with Gasteiger partial charge in [-0.15, -0.1) is 0 Å². The van der Waals surface area contributed by atoms with Gasteiger partial charge in [0.05, 0.1) is 11.8 Å². The highest BCUT2D eigenvalue weighted by molar-refractivity contribution is 5.38. The second-order valence-electron chi connectivity index (χ2n) is 5.94. The number of aromatic nitrogens is 2. The average Bonchev–Trinajstić information content (AvgIpc) is 2.91. The molecule has 1 aromatic carbocycles. The molecule has 2 aromatic rings. The summed E-state index contributed by atoms with van der Waals surface area (Å²) in [7, 11) is 0. The molecule has 0 amide bonds. The fraction of sp³-hybridized carbons (Fsp3) is 0.471. The van der Waals surface area contributed by atoms with Crippen molar-refractivity contribution in [3.63, 3.8) is 0 Å². The van der Waals surface area contributed by atoms with Crippen molar-refractivity contribution in [1.82, 2.24) is 9.78 Å². The molecule has 20 heavy (non-hydrogen) atoms. The number of nitrogens with zero attached hydrogens (tertiary/aromatic N) is 2. The fourth-order valence-corrected chi connectivity index (χ4v) is 3.29. The quantitative estimate of drug-likeness (QED) is 0.930. The summed E-state index contributed by atoms with van der Waals surface area (Å²) in [5, 5.41) is 15.4. The fourth-order valence-electron chi connectivity index (χ4n) is 3.29. The van der Waals surface area contributed by atoms with Gasteiger partial charge >= 0.3 is 0 Å². The minimum Gasteiger partial charge on any atom is -0.385 e. The van der Waals surface area contributed by atoms with E-state index in [-0.39, 0.29) is 0 Å². The number of aliphatic hydroxyl groups is 1. The second-order valence-corrected chi connectivity index (χ2v) is 5.94. The third kappa shape index (κ3) is 2.27. The van der Waals surface area contributed by atoms with Crippen molar-refractivity contribution >= 4 is 0 Å². The van der Waals surface area contributed by atoms with Crippen LogP contribution in [0.5, 0.6) is 0 Å². The summed E-state index contributed by atoms with van der Waals surface area (Å²) in [6.07, 6.45) is 6.43. The number of aryl methyl sites for hydroxylation is 1. The van der Waals surface area contributed by atoms with Gasteiger partial charge in [-0.1, -0.05) is 31.2 Å². The molecular formula is C17H22N2O. The highest BCUT2D eigenvalue weighted by Gasteiger charge is 2.36. The summed E-state index contributed by atoms with van der Waals surface area (Å²) in [5.41, 5.74) is 2.76. The van der Waals surface area contributed by atoms with Gasteiger partial charge in [0.25, 0.3) is 0 Å². The van der Waals surface area contributed by atoms with Gasteiger partial charge in [-0.05, 0) is 42.4 Å². The molecule has 1 aliphatic rings. The lowest BCUT2D eigenvalue weighted by atomic mass is 9.72. The van der Waals surface area contributed by atoms with E-state index >= 15 is 0 Å². The Morgan fingerprint density at radius 1 is 1.40 bits per heavy atom. The molecule has 0 saturated heterocycles. The third-order valence-corrected chi connectivity index (χ3v) is 4.49. The van der Waals surface area contributed by atoms with E-state index < -0.39 is 5.60 Å². The Morgan fingerprint density at radius 3 is 2.95 bits per heavy atom. The Labute approximate surface area is 120 Å². The van der Waals surface area contributed by atoms with E-state index in [1.165, 1.54) is 5.56 Å². The van der Waals surface area contributed by atoms with E-state index in [4.69, 9.17) is 0 Å². The molecule has 0 radical (unpaired) electrons. The highest BCUT2D eigenvalue weighted by atomic mass is 16.3. The van der Waals surface area contributed by atoms with Crippen molar-refractivity contribution in [2.75, 3.05) is 0 Å². The van der Waals surface area contributed by atoms with Gasteiger partial charge in [0, 0.05) is 19.2 Å². The smallest absolute Gasteiger partial charge is 0.0940 e. The first-order chi connectivity index (χ1) is 9.62. The number of hydrogen-bond acceptors (Lipinski definition) is 2. The Bertz CT molecular complexity index is 605. The number of rotatable bonds is 3. The molecule has 0 fully saturated rings. The molecule has 2 unspecified atom stereocenters. The largest absolute Gasteiger partial charge is 0.385 e. The molecule has 3 rings (SSSR count). The molecule has 1 heterocycles. The number of fused-ring (bicyclic) bond motifs is 1. The van der Waals surface area contributed by atoms with Crippen molar-refractivity contribution in [1.29, 1.82) is 0 Å². The predicted octanol–water partition coefficient (Wildman–Crippen LogP) is 3.23. The van der Waals surface area contributed by atoms with Gasteiger partial charge in [-0.25, -0.2) is 0 Å². The molecule has 1 aromatic heterocycles. The van der Waals surface area contributed by atoms with Crippen LogP contribution in [0.3, 0.4) is 0 Å². The lowest BCUT2D eigenvalue weighted by molar-refractivity contribution is 0.0159. The molecular weight excluding hydrogens is 248 g/mol. The van der Waals surface area contributed by atoms with E-state index in [1.807, 2.05) is 23.1 Å². The summed E-state index contributed by atoms with van der Waals surface area (Å²) >= 11 is 0. The SMILES string of the molecule is CCn1cc(CC2(O)CCC(C)c3ccccc32)cn1. The van der Waals surface area contributed by atoms with Gasteiger partial charge in [0.2, 0.25) is 0 Å². The molecule has 2 atom stereocenters. The van der Waals surface area contributed by atoms with Gasteiger partial charge in [-0.3, -0.25) is 4.68 Å². The Kier molecular flexibility index (Phi) is 3.38. The van der Waals surface area contributed by atoms with E-state index in [0.29, 0.717) is 12.3 Å².